The van der Waals surface area contributed by atoms with Gasteiger partial charge in [0, 0.05) is 6.42 Å². The standard InChI is InChI=1S/C50H99N2O6P/c1-6-8-10-12-14-15-16-17-18-19-20-21-22-23-24-25-26-27-28-29-30-31-32-33-34-35-36-37-38-39-41-43-49(53)48(51-50(54)44-42-40-13-11-9-7-2)47-58-59(55,56)57-46-45-52(3,4)5/h36-37,41,43,48-49,53H,6-35,38-40,42,44-47H2,1-5H3,(H-,51,54,55,56)/b37-36+,43-41+. The third-order valence-corrected chi connectivity index (χ3v) is 12.4. The predicted molar refractivity (Wildman–Crippen MR) is 252 cm³/mol. The SMILES string of the molecule is CCCCCCCCCCCCCCCCCCCCCCCCCCC/C=C/CC/C=C/C(O)C(COP(=O)([O-])OCC[N+](C)(C)C)NC(=O)CCCCCCCC. The van der Waals surface area contributed by atoms with E-state index in [1.54, 1.807) is 6.08 Å². The molecule has 0 aliphatic rings. The van der Waals surface area contributed by atoms with E-state index < -0.39 is 26.6 Å². The maximum atomic E-state index is 12.7. The number of unbranched alkanes of at least 4 members (excludes halogenated alkanes) is 31. The zero-order valence-electron chi connectivity index (χ0n) is 39.7. The van der Waals surface area contributed by atoms with Crippen LogP contribution in [-0.2, 0) is 18.4 Å². The van der Waals surface area contributed by atoms with Gasteiger partial charge in [-0.15, -0.1) is 0 Å². The molecule has 2 N–H and O–H groups in total. The molecule has 0 radical (unpaired) electrons. The van der Waals surface area contributed by atoms with Crippen LogP contribution >= 0.6 is 7.82 Å². The number of amides is 1. The largest absolute Gasteiger partial charge is 0.756 e. The van der Waals surface area contributed by atoms with Gasteiger partial charge < -0.3 is 28.8 Å². The number of nitrogens with one attached hydrogen (secondary N) is 1. The smallest absolute Gasteiger partial charge is 0.268 e. The van der Waals surface area contributed by atoms with Gasteiger partial charge in [-0.25, -0.2) is 0 Å². The minimum Gasteiger partial charge on any atom is -0.756 e. The lowest BCUT2D eigenvalue weighted by Gasteiger charge is -2.29. The van der Waals surface area contributed by atoms with Crippen molar-refractivity contribution in [3.63, 3.8) is 0 Å². The van der Waals surface area contributed by atoms with Crippen LogP contribution < -0.4 is 10.2 Å². The number of hydrogen-bond donors (Lipinski definition) is 2. The Bertz CT molecular complexity index is 1020. The predicted octanol–water partition coefficient (Wildman–Crippen LogP) is 13.8. The van der Waals surface area contributed by atoms with E-state index in [1.807, 2.05) is 27.2 Å². The number of nitrogens with zero attached hydrogens (tertiary/aromatic N) is 1. The maximum Gasteiger partial charge on any atom is 0.268 e. The topological polar surface area (TPSA) is 108 Å². The van der Waals surface area contributed by atoms with Crippen molar-refractivity contribution < 1.29 is 32.9 Å². The van der Waals surface area contributed by atoms with Crippen molar-refractivity contribution in [2.24, 2.45) is 0 Å². The van der Waals surface area contributed by atoms with Crippen molar-refractivity contribution >= 4 is 13.7 Å². The lowest BCUT2D eigenvalue weighted by atomic mass is 10.0. The molecule has 9 heteroatoms. The van der Waals surface area contributed by atoms with Gasteiger partial charge in [-0.05, 0) is 32.1 Å². The van der Waals surface area contributed by atoms with Crippen molar-refractivity contribution in [1.82, 2.24) is 5.32 Å². The fourth-order valence-corrected chi connectivity index (χ4v) is 8.13. The number of carbonyl (C=O) groups is 1. The van der Waals surface area contributed by atoms with Crippen LogP contribution in [0, 0.1) is 0 Å². The molecular weight excluding hydrogens is 756 g/mol. The molecule has 0 rings (SSSR count). The number of carbonyl (C=O) groups excluding carboxylic acids is 1. The van der Waals surface area contributed by atoms with Crippen LogP contribution in [-0.4, -0.2) is 68.5 Å². The van der Waals surface area contributed by atoms with Crippen molar-refractivity contribution in [1.29, 1.82) is 0 Å². The summed E-state index contributed by atoms with van der Waals surface area (Å²) in [5.74, 6) is -0.216. The Morgan fingerprint density at radius 1 is 0.576 bits per heavy atom. The first-order valence-electron chi connectivity index (χ1n) is 25.2. The van der Waals surface area contributed by atoms with Crippen LogP contribution in [0.5, 0.6) is 0 Å². The van der Waals surface area contributed by atoms with Gasteiger partial charge in [0.1, 0.15) is 13.2 Å². The molecule has 350 valence electrons. The van der Waals surface area contributed by atoms with E-state index in [0.29, 0.717) is 17.4 Å². The minimum absolute atomic E-state index is 0.00497. The number of aliphatic hydroxyl groups excluding tert-OH is 1. The lowest BCUT2D eigenvalue weighted by molar-refractivity contribution is -0.870. The van der Waals surface area contributed by atoms with Gasteiger partial charge in [0.15, 0.2) is 0 Å². The monoisotopic (exact) mass is 855 g/mol. The molecule has 0 aromatic heterocycles. The third-order valence-electron chi connectivity index (χ3n) is 11.4. The minimum atomic E-state index is -4.58. The quantitative estimate of drug-likeness (QED) is 0.0273. The molecule has 0 saturated carbocycles. The van der Waals surface area contributed by atoms with Crippen LogP contribution in [0.4, 0.5) is 0 Å². The van der Waals surface area contributed by atoms with Gasteiger partial charge >= 0.3 is 0 Å². The van der Waals surface area contributed by atoms with Crippen LogP contribution in [0.1, 0.15) is 239 Å². The Hall–Kier alpha value is -1.02. The molecule has 0 heterocycles. The van der Waals surface area contributed by atoms with Crippen LogP contribution in [0.15, 0.2) is 24.3 Å². The van der Waals surface area contributed by atoms with Crippen LogP contribution in [0.3, 0.4) is 0 Å². The summed E-state index contributed by atoms with van der Waals surface area (Å²) in [6, 6.07) is -0.896. The summed E-state index contributed by atoms with van der Waals surface area (Å²) in [6.07, 6.45) is 51.6. The molecule has 59 heavy (non-hydrogen) atoms. The fourth-order valence-electron chi connectivity index (χ4n) is 7.41. The van der Waals surface area contributed by atoms with Crippen molar-refractivity contribution in [2.45, 2.75) is 251 Å². The number of hydrogen-bond acceptors (Lipinski definition) is 6. The molecule has 3 unspecified atom stereocenters. The van der Waals surface area contributed by atoms with Crippen LogP contribution in [0.2, 0.25) is 0 Å². The van der Waals surface area contributed by atoms with Gasteiger partial charge in [-0.1, -0.05) is 224 Å². The molecule has 8 nitrogen and oxygen atoms in total. The molecular formula is C50H99N2O6P. The summed E-state index contributed by atoms with van der Waals surface area (Å²) in [5, 5.41) is 13.7. The Kier molecular flexibility index (Phi) is 41.6. The summed E-state index contributed by atoms with van der Waals surface area (Å²) in [6.45, 7) is 4.57. The van der Waals surface area contributed by atoms with Gasteiger partial charge in [0.2, 0.25) is 5.91 Å². The second kappa shape index (κ2) is 42.3. The first kappa shape index (κ1) is 58.0. The average molecular weight is 855 g/mol. The number of aliphatic hydroxyl groups is 1. The Balaban J connectivity index is 3.98. The van der Waals surface area contributed by atoms with E-state index in [2.05, 4.69) is 31.3 Å². The van der Waals surface area contributed by atoms with E-state index in [-0.39, 0.29) is 12.5 Å². The van der Waals surface area contributed by atoms with Crippen molar-refractivity contribution in [3.05, 3.63) is 24.3 Å². The van der Waals surface area contributed by atoms with E-state index >= 15 is 0 Å². The summed E-state index contributed by atoms with van der Waals surface area (Å²) in [5.41, 5.74) is 0. The lowest BCUT2D eigenvalue weighted by Crippen LogP contribution is -2.45. The maximum absolute atomic E-state index is 12.7. The highest BCUT2D eigenvalue weighted by atomic mass is 31.2. The summed E-state index contributed by atoms with van der Waals surface area (Å²) < 4.78 is 23.1. The second-order valence-electron chi connectivity index (χ2n) is 18.5. The first-order valence-corrected chi connectivity index (χ1v) is 26.7. The highest BCUT2D eigenvalue weighted by Crippen LogP contribution is 2.38. The average Bonchev–Trinajstić information content (AvgIpc) is 3.19. The number of allylic oxidation sites excluding steroid dienone is 3. The van der Waals surface area contributed by atoms with E-state index in [9.17, 15) is 19.4 Å². The molecule has 0 bridgehead atoms. The molecule has 0 fully saturated rings. The number of rotatable bonds is 46. The highest BCUT2D eigenvalue weighted by molar-refractivity contribution is 7.45. The molecule has 0 aliphatic heterocycles. The number of likely N-dealkylation sites (N-methyl/N-ethyl adjacent to an activating group) is 1. The molecule has 0 saturated heterocycles. The van der Waals surface area contributed by atoms with E-state index in [0.717, 1.165) is 38.5 Å². The van der Waals surface area contributed by atoms with Crippen molar-refractivity contribution in [2.75, 3.05) is 40.9 Å². The first-order chi connectivity index (χ1) is 28.5. The van der Waals surface area contributed by atoms with Gasteiger partial charge in [0.25, 0.3) is 7.82 Å². The highest BCUT2D eigenvalue weighted by Gasteiger charge is 2.23. The second-order valence-corrected chi connectivity index (χ2v) is 19.9. The van der Waals surface area contributed by atoms with Gasteiger partial charge in [-0.3, -0.25) is 9.36 Å². The van der Waals surface area contributed by atoms with Gasteiger partial charge in [-0.2, -0.15) is 0 Å². The zero-order valence-corrected chi connectivity index (χ0v) is 40.6. The Morgan fingerprint density at radius 3 is 1.37 bits per heavy atom. The fraction of sp³-hybridized carbons (Fsp3) is 0.900. The van der Waals surface area contributed by atoms with Gasteiger partial charge in [0.05, 0.1) is 39.9 Å². The van der Waals surface area contributed by atoms with Crippen LogP contribution in [0.25, 0.3) is 0 Å². The molecule has 0 aliphatic carbocycles. The molecule has 1 amide bonds. The molecule has 0 spiro atoms. The van der Waals surface area contributed by atoms with Crippen molar-refractivity contribution in [3.8, 4) is 0 Å². The summed E-state index contributed by atoms with van der Waals surface area (Å²) in [7, 11) is 1.25. The number of phosphoric acid groups is 1. The number of phosphoric ester groups is 1. The Labute approximate surface area is 366 Å². The zero-order chi connectivity index (χ0) is 43.6. The Morgan fingerprint density at radius 2 is 0.949 bits per heavy atom. The normalized spacial score (nSPS) is 14.4. The molecule has 3 atom stereocenters. The summed E-state index contributed by atoms with van der Waals surface area (Å²) in [4.78, 5) is 25.1. The third kappa shape index (κ3) is 44.8. The summed E-state index contributed by atoms with van der Waals surface area (Å²) >= 11 is 0. The molecule has 0 aromatic carbocycles. The number of quaternary nitrogens is 1. The molecule has 0 aromatic rings. The van der Waals surface area contributed by atoms with E-state index in [4.69, 9.17) is 9.05 Å². The van der Waals surface area contributed by atoms with E-state index in [1.165, 1.54) is 180 Å².